The number of H-pyrrole nitrogens is 1. The number of carbonyl (C=O) groups excluding carboxylic acids is 2. The molecule has 0 atom stereocenters. The van der Waals surface area contributed by atoms with Crippen molar-refractivity contribution in [3.8, 4) is 0 Å². The zero-order chi connectivity index (χ0) is 13.7. The summed E-state index contributed by atoms with van der Waals surface area (Å²) in [5.74, 6) is -0.564. The molecule has 0 unspecified atom stereocenters. The van der Waals surface area contributed by atoms with E-state index in [1.807, 2.05) is 0 Å². The van der Waals surface area contributed by atoms with Crippen LogP contribution in [0.4, 0.5) is 5.69 Å². The molecular weight excluding hydrogens is 246 g/mol. The molecule has 1 amide bonds. The fourth-order valence-corrected chi connectivity index (χ4v) is 1.57. The normalized spacial score (nSPS) is 9.95. The fourth-order valence-electron chi connectivity index (χ4n) is 1.57. The maximum Gasteiger partial charge on any atom is 0.337 e. The molecule has 1 aromatic heterocycles. The van der Waals surface area contributed by atoms with E-state index in [1.54, 1.807) is 36.5 Å². The SMILES string of the molecule is COC(=O)c1ccc(NC(=O)Cc2ccn[nH]2)cc1. The highest BCUT2D eigenvalue weighted by Gasteiger charge is 2.07. The van der Waals surface area contributed by atoms with Crippen molar-refractivity contribution in [3.05, 3.63) is 47.8 Å². The number of methoxy groups -OCH3 is 1. The highest BCUT2D eigenvalue weighted by molar-refractivity contribution is 5.93. The second-order valence-electron chi connectivity index (χ2n) is 3.88. The number of aromatic nitrogens is 2. The smallest absolute Gasteiger partial charge is 0.337 e. The van der Waals surface area contributed by atoms with Gasteiger partial charge in [0.2, 0.25) is 5.91 Å². The summed E-state index contributed by atoms with van der Waals surface area (Å²) >= 11 is 0. The molecule has 1 aromatic carbocycles. The molecule has 19 heavy (non-hydrogen) atoms. The first-order chi connectivity index (χ1) is 9.19. The van der Waals surface area contributed by atoms with Crippen LogP contribution in [0.5, 0.6) is 0 Å². The summed E-state index contributed by atoms with van der Waals surface area (Å²) in [7, 11) is 1.32. The molecule has 2 rings (SSSR count). The third-order valence-electron chi connectivity index (χ3n) is 2.50. The van der Waals surface area contributed by atoms with Crippen molar-refractivity contribution in [1.29, 1.82) is 0 Å². The molecular formula is C13H13N3O3. The molecule has 0 aliphatic rings. The summed E-state index contributed by atoms with van der Waals surface area (Å²) in [4.78, 5) is 22.9. The first-order valence-corrected chi connectivity index (χ1v) is 5.65. The van der Waals surface area contributed by atoms with E-state index >= 15 is 0 Å². The van der Waals surface area contributed by atoms with Crippen LogP contribution >= 0.6 is 0 Å². The molecule has 6 heteroatoms. The molecule has 0 saturated heterocycles. The Morgan fingerprint density at radius 3 is 2.58 bits per heavy atom. The van der Waals surface area contributed by atoms with E-state index < -0.39 is 5.97 Å². The number of aromatic amines is 1. The number of rotatable bonds is 4. The van der Waals surface area contributed by atoms with E-state index in [2.05, 4.69) is 20.3 Å². The molecule has 0 fully saturated rings. The minimum Gasteiger partial charge on any atom is -0.465 e. The van der Waals surface area contributed by atoms with Gasteiger partial charge in [-0.2, -0.15) is 5.10 Å². The zero-order valence-electron chi connectivity index (χ0n) is 10.3. The predicted molar refractivity (Wildman–Crippen MR) is 68.7 cm³/mol. The van der Waals surface area contributed by atoms with Crippen LogP contribution in [0.25, 0.3) is 0 Å². The van der Waals surface area contributed by atoms with E-state index in [0.717, 1.165) is 5.69 Å². The molecule has 98 valence electrons. The number of hydrogen-bond acceptors (Lipinski definition) is 4. The molecule has 0 bridgehead atoms. The molecule has 0 saturated carbocycles. The average Bonchev–Trinajstić information content (AvgIpc) is 2.91. The van der Waals surface area contributed by atoms with E-state index in [4.69, 9.17) is 0 Å². The Kier molecular flexibility index (Phi) is 3.92. The number of ether oxygens (including phenoxy) is 1. The lowest BCUT2D eigenvalue weighted by Crippen LogP contribution is -2.14. The summed E-state index contributed by atoms with van der Waals surface area (Å²) in [6, 6.07) is 8.23. The van der Waals surface area contributed by atoms with Gasteiger partial charge < -0.3 is 10.1 Å². The van der Waals surface area contributed by atoms with Crippen molar-refractivity contribution in [2.75, 3.05) is 12.4 Å². The number of carbonyl (C=O) groups is 2. The van der Waals surface area contributed by atoms with Crippen molar-refractivity contribution >= 4 is 17.6 Å². The lowest BCUT2D eigenvalue weighted by molar-refractivity contribution is -0.115. The third kappa shape index (κ3) is 3.41. The summed E-state index contributed by atoms with van der Waals surface area (Å²) in [6.07, 6.45) is 1.81. The van der Waals surface area contributed by atoms with E-state index in [1.165, 1.54) is 7.11 Å². The summed E-state index contributed by atoms with van der Waals surface area (Å²) < 4.78 is 4.59. The Balaban J connectivity index is 1.96. The van der Waals surface area contributed by atoms with Crippen LogP contribution in [0.2, 0.25) is 0 Å². The van der Waals surface area contributed by atoms with E-state index in [9.17, 15) is 9.59 Å². The van der Waals surface area contributed by atoms with Gasteiger partial charge in [0.15, 0.2) is 0 Å². The molecule has 0 aliphatic carbocycles. The lowest BCUT2D eigenvalue weighted by Gasteiger charge is -2.05. The number of anilines is 1. The number of hydrogen-bond donors (Lipinski definition) is 2. The van der Waals surface area contributed by atoms with Crippen molar-refractivity contribution in [2.24, 2.45) is 0 Å². The van der Waals surface area contributed by atoms with Crippen molar-refractivity contribution in [1.82, 2.24) is 10.2 Å². The minimum absolute atomic E-state index is 0.157. The molecule has 6 nitrogen and oxygen atoms in total. The average molecular weight is 259 g/mol. The van der Waals surface area contributed by atoms with Crippen LogP contribution in [-0.4, -0.2) is 29.2 Å². The Labute approximate surface area is 109 Å². The van der Waals surface area contributed by atoms with E-state index in [0.29, 0.717) is 11.3 Å². The van der Waals surface area contributed by atoms with Gasteiger partial charge in [0.1, 0.15) is 0 Å². The predicted octanol–water partition coefficient (Wildman–Crippen LogP) is 1.38. The zero-order valence-corrected chi connectivity index (χ0v) is 10.3. The van der Waals surface area contributed by atoms with Gasteiger partial charge in [-0.05, 0) is 30.3 Å². The Morgan fingerprint density at radius 2 is 2.00 bits per heavy atom. The topological polar surface area (TPSA) is 84.1 Å². The summed E-state index contributed by atoms with van der Waals surface area (Å²) in [6.45, 7) is 0. The molecule has 1 heterocycles. The third-order valence-corrected chi connectivity index (χ3v) is 2.50. The molecule has 2 N–H and O–H groups in total. The maximum atomic E-state index is 11.7. The van der Waals surface area contributed by atoms with Gasteiger partial charge in [-0.3, -0.25) is 9.89 Å². The minimum atomic E-state index is -0.407. The van der Waals surface area contributed by atoms with Gasteiger partial charge in [-0.25, -0.2) is 4.79 Å². The van der Waals surface area contributed by atoms with Gasteiger partial charge in [0.05, 0.1) is 19.1 Å². The van der Waals surface area contributed by atoms with Crippen LogP contribution in [0.1, 0.15) is 16.1 Å². The van der Waals surface area contributed by atoms with Gasteiger partial charge in [0.25, 0.3) is 0 Å². The van der Waals surface area contributed by atoms with Crippen LogP contribution < -0.4 is 5.32 Å². The van der Waals surface area contributed by atoms with Crippen LogP contribution in [0.3, 0.4) is 0 Å². The fraction of sp³-hybridized carbons (Fsp3) is 0.154. The molecule has 0 radical (unpaired) electrons. The second kappa shape index (κ2) is 5.81. The first-order valence-electron chi connectivity index (χ1n) is 5.65. The highest BCUT2D eigenvalue weighted by Crippen LogP contribution is 2.10. The summed E-state index contributed by atoms with van der Waals surface area (Å²) in [5.41, 5.74) is 1.80. The van der Waals surface area contributed by atoms with Crippen LogP contribution in [-0.2, 0) is 16.0 Å². The molecule has 0 spiro atoms. The van der Waals surface area contributed by atoms with Gasteiger partial charge in [-0.1, -0.05) is 0 Å². The van der Waals surface area contributed by atoms with E-state index in [-0.39, 0.29) is 12.3 Å². The summed E-state index contributed by atoms with van der Waals surface area (Å²) in [5, 5.41) is 9.21. The number of esters is 1. The second-order valence-corrected chi connectivity index (χ2v) is 3.88. The lowest BCUT2D eigenvalue weighted by atomic mass is 10.2. The maximum absolute atomic E-state index is 11.7. The van der Waals surface area contributed by atoms with Crippen LogP contribution in [0.15, 0.2) is 36.5 Å². The highest BCUT2D eigenvalue weighted by atomic mass is 16.5. The van der Waals surface area contributed by atoms with Gasteiger partial charge in [0, 0.05) is 17.6 Å². The van der Waals surface area contributed by atoms with Crippen molar-refractivity contribution < 1.29 is 14.3 Å². The van der Waals surface area contributed by atoms with Crippen LogP contribution in [0, 0.1) is 0 Å². The number of nitrogens with one attached hydrogen (secondary N) is 2. The Hall–Kier alpha value is -2.63. The Morgan fingerprint density at radius 1 is 1.26 bits per heavy atom. The van der Waals surface area contributed by atoms with Crippen molar-refractivity contribution in [2.45, 2.75) is 6.42 Å². The monoisotopic (exact) mass is 259 g/mol. The first kappa shape index (κ1) is 12.8. The molecule has 2 aromatic rings. The quantitative estimate of drug-likeness (QED) is 0.812. The van der Waals surface area contributed by atoms with Gasteiger partial charge >= 0.3 is 5.97 Å². The molecule has 0 aliphatic heterocycles. The van der Waals surface area contributed by atoms with Crippen molar-refractivity contribution in [3.63, 3.8) is 0 Å². The Bertz CT molecular complexity index is 561. The number of benzene rings is 1. The standard InChI is InChI=1S/C13H13N3O3/c1-19-13(18)9-2-4-10(5-3-9)15-12(17)8-11-6-7-14-16-11/h2-7H,8H2,1H3,(H,14,16)(H,15,17). The van der Waals surface area contributed by atoms with Gasteiger partial charge in [-0.15, -0.1) is 0 Å². The number of amides is 1. The number of nitrogens with zero attached hydrogens (tertiary/aromatic N) is 1. The largest absolute Gasteiger partial charge is 0.465 e.